The molecule has 0 saturated carbocycles. The molecule has 1 aromatic rings. The highest BCUT2D eigenvalue weighted by Crippen LogP contribution is 2.27. The van der Waals surface area contributed by atoms with Crippen molar-refractivity contribution in [3.8, 4) is 5.75 Å². The van der Waals surface area contributed by atoms with Gasteiger partial charge in [0.25, 0.3) is 0 Å². The molecule has 0 bridgehead atoms. The molecule has 0 radical (unpaired) electrons. The fraction of sp³-hybridized carbons (Fsp3) is 0. The Bertz CT molecular complexity index is 250. The van der Waals surface area contributed by atoms with E-state index in [1.165, 1.54) is 12.1 Å². The van der Waals surface area contributed by atoms with E-state index in [0.29, 0.717) is 22.8 Å². The van der Waals surface area contributed by atoms with Crippen LogP contribution in [-0.2, 0) is 0 Å². The van der Waals surface area contributed by atoms with Crippen molar-refractivity contribution in [3.05, 3.63) is 12.1 Å². The Hall–Kier alpha value is -1.62. The molecule has 5 heteroatoms. The molecular weight excluding hydrogens is 144 g/mol. The normalized spacial score (nSPS) is 9.55. The minimum atomic E-state index is 0.353. The van der Waals surface area contributed by atoms with Crippen molar-refractivity contribution < 1.29 is 4.84 Å². The molecule has 0 heterocycles. The van der Waals surface area contributed by atoms with Gasteiger partial charge in [0.05, 0.1) is 17.1 Å². The summed E-state index contributed by atoms with van der Waals surface area (Å²) in [5.74, 6) is 5.28. The molecule has 0 fully saturated rings. The summed E-state index contributed by atoms with van der Waals surface area (Å²) >= 11 is 0. The van der Waals surface area contributed by atoms with E-state index < -0.39 is 0 Å². The minimum Gasteiger partial charge on any atom is -0.411 e. The Balaban J connectivity index is 3.21. The van der Waals surface area contributed by atoms with E-state index in [1.807, 2.05) is 0 Å². The third-order valence-electron chi connectivity index (χ3n) is 1.35. The van der Waals surface area contributed by atoms with Crippen LogP contribution in [0.3, 0.4) is 0 Å². The van der Waals surface area contributed by atoms with E-state index >= 15 is 0 Å². The zero-order valence-corrected chi connectivity index (χ0v) is 5.87. The van der Waals surface area contributed by atoms with E-state index in [4.69, 9.17) is 23.1 Å². The molecule has 5 nitrogen and oxygen atoms in total. The van der Waals surface area contributed by atoms with E-state index in [9.17, 15) is 0 Å². The minimum absolute atomic E-state index is 0.353. The van der Waals surface area contributed by atoms with Gasteiger partial charge in [0.1, 0.15) is 0 Å². The fourth-order valence-electron chi connectivity index (χ4n) is 0.738. The van der Waals surface area contributed by atoms with Crippen molar-refractivity contribution in [1.82, 2.24) is 0 Å². The first-order valence-corrected chi connectivity index (χ1v) is 2.96. The smallest absolute Gasteiger partial charge is 0.151 e. The average molecular weight is 154 g/mol. The van der Waals surface area contributed by atoms with Gasteiger partial charge in [-0.15, -0.1) is 0 Å². The van der Waals surface area contributed by atoms with Crippen LogP contribution in [-0.4, -0.2) is 0 Å². The second-order valence-electron chi connectivity index (χ2n) is 2.13. The van der Waals surface area contributed by atoms with Crippen LogP contribution in [0.1, 0.15) is 0 Å². The summed E-state index contributed by atoms with van der Waals surface area (Å²) in [6.07, 6.45) is 0. The third kappa shape index (κ3) is 1.27. The van der Waals surface area contributed by atoms with Crippen molar-refractivity contribution in [3.63, 3.8) is 0 Å². The molecule has 0 unspecified atom stereocenters. The Labute approximate surface area is 63.9 Å². The molecule has 0 amide bonds. The highest BCUT2D eigenvalue weighted by molar-refractivity contribution is 5.79. The molecule has 0 aliphatic carbocycles. The number of rotatable bonds is 1. The maximum Gasteiger partial charge on any atom is 0.151 e. The van der Waals surface area contributed by atoms with Crippen molar-refractivity contribution in [1.29, 1.82) is 0 Å². The van der Waals surface area contributed by atoms with Gasteiger partial charge in [-0.2, -0.15) is 5.90 Å². The number of hydrogen-bond donors (Lipinski definition) is 4. The van der Waals surface area contributed by atoms with Gasteiger partial charge in [0.15, 0.2) is 5.75 Å². The van der Waals surface area contributed by atoms with E-state index in [1.54, 1.807) is 0 Å². The Morgan fingerprint density at radius 2 is 1.45 bits per heavy atom. The quantitative estimate of drug-likeness (QED) is 0.327. The average Bonchev–Trinajstić information content (AvgIpc) is 1.99. The molecule has 0 saturated heterocycles. The van der Waals surface area contributed by atoms with Gasteiger partial charge in [0.2, 0.25) is 0 Å². The lowest BCUT2D eigenvalue weighted by atomic mass is 10.2. The summed E-state index contributed by atoms with van der Waals surface area (Å²) in [5, 5.41) is 0. The molecule has 0 aliphatic rings. The largest absolute Gasteiger partial charge is 0.411 e. The number of hydrogen-bond acceptors (Lipinski definition) is 5. The molecule has 0 spiro atoms. The summed E-state index contributed by atoms with van der Waals surface area (Å²) in [4.78, 5) is 4.42. The summed E-state index contributed by atoms with van der Waals surface area (Å²) < 4.78 is 0. The maximum absolute atomic E-state index is 5.46. The van der Waals surface area contributed by atoms with E-state index in [2.05, 4.69) is 4.84 Å². The van der Waals surface area contributed by atoms with Crippen LogP contribution in [0.5, 0.6) is 5.75 Å². The molecule has 1 aromatic carbocycles. The second kappa shape index (κ2) is 2.55. The van der Waals surface area contributed by atoms with Crippen molar-refractivity contribution >= 4 is 17.1 Å². The first-order valence-electron chi connectivity index (χ1n) is 2.96. The van der Waals surface area contributed by atoms with Crippen LogP contribution in [0.25, 0.3) is 0 Å². The SMILES string of the molecule is NOc1cc(N)c(N)c(N)c1. The lowest BCUT2D eigenvalue weighted by molar-refractivity contribution is 0.335. The van der Waals surface area contributed by atoms with Gasteiger partial charge in [0, 0.05) is 12.1 Å². The summed E-state index contributed by atoms with van der Waals surface area (Å²) in [5.41, 5.74) is 17.5. The molecule has 1 rings (SSSR count). The predicted octanol–water partition coefficient (Wildman–Crippen LogP) is -0.314. The predicted molar refractivity (Wildman–Crippen MR) is 44.5 cm³/mol. The van der Waals surface area contributed by atoms with Gasteiger partial charge in [-0.05, 0) is 0 Å². The monoisotopic (exact) mass is 154 g/mol. The Kier molecular flexibility index (Phi) is 1.74. The van der Waals surface area contributed by atoms with E-state index in [-0.39, 0.29) is 0 Å². The number of nitrogens with two attached hydrogens (primary N) is 4. The van der Waals surface area contributed by atoms with Gasteiger partial charge in [-0.25, -0.2) is 0 Å². The second-order valence-corrected chi connectivity index (χ2v) is 2.13. The van der Waals surface area contributed by atoms with Crippen LogP contribution in [0.2, 0.25) is 0 Å². The summed E-state index contributed by atoms with van der Waals surface area (Å²) in [6.45, 7) is 0. The zero-order valence-electron chi connectivity index (χ0n) is 5.87. The molecule has 0 aromatic heterocycles. The topological polar surface area (TPSA) is 113 Å². The maximum atomic E-state index is 5.46. The van der Waals surface area contributed by atoms with Crippen LogP contribution in [0, 0.1) is 0 Å². The third-order valence-corrected chi connectivity index (χ3v) is 1.35. The number of anilines is 3. The van der Waals surface area contributed by atoms with Crippen LogP contribution >= 0.6 is 0 Å². The molecule has 0 aliphatic heterocycles. The number of nitrogen functional groups attached to an aromatic ring is 3. The van der Waals surface area contributed by atoms with Gasteiger partial charge in [-0.1, -0.05) is 0 Å². The molecule has 0 atom stereocenters. The van der Waals surface area contributed by atoms with Crippen molar-refractivity contribution in [2.45, 2.75) is 0 Å². The van der Waals surface area contributed by atoms with Crippen LogP contribution in [0.4, 0.5) is 17.1 Å². The highest BCUT2D eigenvalue weighted by atomic mass is 16.6. The standard InChI is InChI=1S/C6H10N4O/c7-4-1-3(11-10)2-5(8)6(4)9/h1-2H,7-10H2. The van der Waals surface area contributed by atoms with Crippen LogP contribution < -0.4 is 27.9 Å². The van der Waals surface area contributed by atoms with Gasteiger partial charge >= 0.3 is 0 Å². The molecular formula is C6H10N4O. The van der Waals surface area contributed by atoms with Gasteiger partial charge in [-0.3, -0.25) is 0 Å². The fourth-order valence-corrected chi connectivity index (χ4v) is 0.738. The molecule has 8 N–H and O–H groups in total. The van der Waals surface area contributed by atoms with Crippen molar-refractivity contribution in [2.24, 2.45) is 5.90 Å². The lowest BCUT2D eigenvalue weighted by Gasteiger charge is -2.05. The van der Waals surface area contributed by atoms with E-state index in [0.717, 1.165) is 0 Å². The highest BCUT2D eigenvalue weighted by Gasteiger charge is 2.02. The van der Waals surface area contributed by atoms with Crippen molar-refractivity contribution in [2.75, 3.05) is 17.2 Å². The molecule has 60 valence electrons. The Morgan fingerprint density at radius 1 is 1.00 bits per heavy atom. The zero-order chi connectivity index (χ0) is 8.43. The first-order chi connectivity index (χ1) is 5.15. The summed E-state index contributed by atoms with van der Waals surface area (Å²) in [7, 11) is 0. The number of benzene rings is 1. The first kappa shape index (κ1) is 7.49. The Morgan fingerprint density at radius 3 is 1.82 bits per heavy atom. The van der Waals surface area contributed by atoms with Gasteiger partial charge < -0.3 is 22.0 Å². The summed E-state index contributed by atoms with van der Waals surface area (Å²) in [6, 6.07) is 3.01. The van der Waals surface area contributed by atoms with Crippen LogP contribution in [0.15, 0.2) is 12.1 Å². The molecule has 11 heavy (non-hydrogen) atoms. The lowest BCUT2D eigenvalue weighted by Crippen LogP contribution is -2.05.